The summed E-state index contributed by atoms with van der Waals surface area (Å²) in [6.07, 6.45) is 7.10. The minimum atomic E-state index is -3.62. The molecule has 5 unspecified atom stereocenters. The molecule has 236 valence electrons. The molecule has 0 spiro atoms. The molecule has 42 heavy (non-hydrogen) atoms. The van der Waals surface area contributed by atoms with E-state index in [9.17, 15) is 18.3 Å². The fourth-order valence-corrected chi connectivity index (χ4v) is 12.3. The van der Waals surface area contributed by atoms with E-state index in [2.05, 4.69) is 20.8 Å². The van der Waals surface area contributed by atoms with Crippen LogP contribution in [0.5, 0.6) is 0 Å². The van der Waals surface area contributed by atoms with Crippen LogP contribution in [0.3, 0.4) is 0 Å². The van der Waals surface area contributed by atoms with Crippen LogP contribution in [0.2, 0.25) is 0 Å². The standard InChI is InChI=1S/C35H52F2O4S/c1-6-26-31(39)30-28-16-15-27(22(2)11-10-12-24(38)21-42(40,41)25-13-8-7-9-14-25)33(28,4)20-18-29(30)34(5)19-17-23(3)35(36,37)32(26)34/h7-9,13-14,22-23,26-32,39H,6,10-12,15-21H2,1-5H3/t22-,23-,26+,27?,28?,29?,30?,31?,32+,33-,34-/m1/s1. The van der Waals surface area contributed by atoms with Crippen LogP contribution < -0.4 is 0 Å². The van der Waals surface area contributed by atoms with Crippen molar-refractivity contribution in [3.8, 4) is 0 Å². The lowest BCUT2D eigenvalue weighted by Crippen LogP contribution is -2.66. The molecule has 1 aromatic rings. The third kappa shape index (κ3) is 5.20. The highest BCUT2D eigenvalue weighted by molar-refractivity contribution is 7.92. The van der Waals surface area contributed by atoms with E-state index in [-0.39, 0.29) is 40.3 Å². The lowest BCUT2D eigenvalue weighted by Gasteiger charge is -2.66. The van der Waals surface area contributed by atoms with E-state index in [0.29, 0.717) is 37.0 Å². The van der Waals surface area contributed by atoms with Gasteiger partial charge >= 0.3 is 0 Å². The average Bonchev–Trinajstić information content (AvgIpc) is 3.29. The monoisotopic (exact) mass is 606 g/mol. The van der Waals surface area contributed by atoms with Crippen LogP contribution in [0.1, 0.15) is 98.8 Å². The van der Waals surface area contributed by atoms with E-state index in [4.69, 9.17) is 0 Å². The van der Waals surface area contributed by atoms with Crippen LogP contribution in [-0.2, 0) is 14.6 Å². The van der Waals surface area contributed by atoms with Gasteiger partial charge in [-0.25, -0.2) is 17.2 Å². The number of ketones is 1. The Morgan fingerprint density at radius 2 is 1.67 bits per heavy atom. The first kappa shape index (κ1) is 32.1. The quantitative estimate of drug-likeness (QED) is 0.309. The van der Waals surface area contributed by atoms with Gasteiger partial charge in [0, 0.05) is 18.3 Å². The zero-order chi connectivity index (χ0) is 30.7. The van der Waals surface area contributed by atoms with Gasteiger partial charge in [0.1, 0.15) is 11.5 Å². The lowest BCUT2D eigenvalue weighted by molar-refractivity contribution is -0.273. The highest BCUT2D eigenvalue weighted by Gasteiger charge is 2.70. The number of sulfone groups is 1. The predicted octanol–water partition coefficient (Wildman–Crippen LogP) is 7.98. The number of fused-ring (bicyclic) bond motifs is 5. The van der Waals surface area contributed by atoms with Gasteiger partial charge in [-0.2, -0.15) is 0 Å². The Labute approximate surface area is 252 Å². The van der Waals surface area contributed by atoms with Crippen molar-refractivity contribution in [1.82, 2.24) is 0 Å². The summed E-state index contributed by atoms with van der Waals surface area (Å²) in [6, 6.07) is 8.15. The van der Waals surface area contributed by atoms with Crippen molar-refractivity contribution in [2.24, 2.45) is 58.2 Å². The van der Waals surface area contributed by atoms with Crippen LogP contribution in [0.25, 0.3) is 0 Å². The van der Waals surface area contributed by atoms with E-state index < -0.39 is 44.9 Å². The predicted molar refractivity (Wildman–Crippen MR) is 162 cm³/mol. The van der Waals surface area contributed by atoms with E-state index in [1.807, 2.05) is 6.92 Å². The number of Topliss-reactive ketones (excluding diaryl/α,β-unsaturated/α-hetero) is 1. The van der Waals surface area contributed by atoms with Gasteiger partial charge in [0.25, 0.3) is 5.92 Å². The molecule has 0 amide bonds. The Morgan fingerprint density at radius 1 is 1.02 bits per heavy atom. The number of aliphatic hydroxyl groups excluding tert-OH is 1. The number of rotatable bonds is 9. The van der Waals surface area contributed by atoms with Gasteiger partial charge in [-0.1, -0.05) is 65.7 Å². The zero-order valence-electron chi connectivity index (χ0n) is 26.2. The number of hydrogen-bond donors (Lipinski definition) is 1. The second-order valence-corrected chi connectivity index (χ2v) is 17.1. The molecular weight excluding hydrogens is 554 g/mol. The second-order valence-electron chi connectivity index (χ2n) is 15.2. The zero-order valence-corrected chi connectivity index (χ0v) is 27.0. The van der Waals surface area contributed by atoms with Crippen LogP contribution in [-0.4, -0.2) is 37.1 Å². The van der Waals surface area contributed by atoms with Gasteiger partial charge in [0.2, 0.25) is 0 Å². The molecule has 1 N–H and O–H groups in total. The molecule has 0 radical (unpaired) electrons. The maximum absolute atomic E-state index is 15.8. The van der Waals surface area contributed by atoms with Crippen LogP contribution in [0.4, 0.5) is 8.78 Å². The van der Waals surface area contributed by atoms with Gasteiger partial charge in [-0.05, 0) is 103 Å². The first-order chi connectivity index (χ1) is 19.7. The summed E-state index contributed by atoms with van der Waals surface area (Å²) < 4.78 is 56.9. The van der Waals surface area contributed by atoms with Gasteiger partial charge in [-0.3, -0.25) is 4.79 Å². The Morgan fingerprint density at radius 3 is 2.33 bits per heavy atom. The number of carbonyl (C=O) groups excluding carboxylic acids is 1. The largest absolute Gasteiger partial charge is 0.393 e. The van der Waals surface area contributed by atoms with Crippen molar-refractivity contribution < 1.29 is 27.1 Å². The van der Waals surface area contributed by atoms with Crippen LogP contribution >= 0.6 is 0 Å². The van der Waals surface area contributed by atoms with Crippen molar-refractivity contribution >= 4 is 15.6 Å². The number of hydrogen-bond acceptors (Lipinski definition) is 4. The molecular formula is C35H52F2O4S. The third-order valence-corrected chi connectivity index (χ3v) is 14.8. The summed E-state index contributed by atoms with van der Waals surface area (Å²) in [5.41, 5.74) is -0.389. The van der Waals surface area contributed by atoms with Crippen molar-refractivity contribution in [2.75, 3.05) is 5.75 Å². The summed E-state index contributed by atoms with van der Waals surface area (Å²) in [5, 5.41) is 11.9. The molecule has 11 atom stereocenters. The summed E-state index contributed by atoms with van der Waals surface area (Å²) in [7, 11) is -3.62. The van der Waals surface area contributed by atoms with Crippen molar-refractivity contribution in [1.29, 1.82) is 0 Å². The molecule has 4 nitrogen and oxygen atoms in total. The number of benzene rings is 1. The normalized spacial score (nSPS) is 41.8. The topological polar surface area (TPSA) is 71.4 Å². The Balaban J connectivity index is 1.26. The number of halogens is 2. The molecule has 1 aromatic carbocycles. The molecule has 7 heteroatoms. The SMILES string of the molecule is CC[C@H]1C(O)C2C3CCC([C@H](C)CCCC(=O)CS(=O)(=O)c4ccccc4)[C@@]3(C)CCC2[C@@]2(C)CC[C@@H](C)C(F)(F)[C@@H]12. The van der Waals surface area contributed by atoms with E-state index in [0.717, 1.165) is 38.5 Å². The van der Waals surface area contributed by atoms with Crippen molar-refractivity contribution in [3.05, 3.63) is 30.3 Å². The summed E-state index contributed by atoms with van der Waals surface area (Å²) >= 11 is 0. The minimum absolute atomic E-state index is 0.0498. The molecule has 0 aromatic heterocycles. The molecule has 0 bridgehead atoms. The number of alkyl halides is 2. The van der Waals surface area contributed by atoms with Gasteiger partial charge in [-0.15, -0.1) is 0 Å². The summed E-state index contributed by atoms with van der Waals surface area (Å²) in [6.45, 7) is 10.5. The Hall–Kier alpha value is -1.34. The second kappa shape index (κ2) is 11.5. The van der Waals surface area contributed by atoms with Crippen molar-refractivity contribution in [2.45, 2.75) is 116 Å². The molecule has 0 saturated heterocycles. The third-order valence-electron chi connectivity index (χ3n) is 13.1. The van der Waals surface area contributed by atoms with Gasteiger partial charge in [0.15, 0.2) is 9.84 Å². The summed E-state index contributed by atoms with van der Waals surface area (Å²) in [4.78, 5) is 12.8. The van der Waals surface area contributed by atoms with Crippen LogP contribution in [0, 0.1) is 58.2 Å². The maximum Gasteiger partial charge on any atom is 0.254 e. The molecule has 4 aliphatic rings. The fourth-order valence-electron chi connectivity index (χ4n) is 11.0. The first-order valence-corrected chi connectivity index (χ1v) is 18.2. The smallest absolute Gasteiger partial charge is 0.254 e. The molecule has 4 saturated carbocycles. The Kier molecular flexibility index (Phi) is 8.81. The average molecular weight is 607 g/mol. The number of carbonyl (C=O) groups is 1. The fraction of sp³-hybridized carbons (Fsp3) is 0.800. The van der Waals surface area contributed by atoms with Gasteiger partial charge < -0.3 is 5.11 Å². The van der Waals surface area contributed by atoms with Crippen molar-refractivity contribution in [3.63, 3.8) is 0 Å². The molecule has 0 aliphatic heterocycles. The van der Waals surface area contributed by atoms with E-state index in [1.165, 1.54) is 12.1 Å². The number of aliphatic hydroxyl groups is 1. The van der Waals surface area contributed by atoms with E-state index in [1.54, 1.807) is 25.1 Å². The molecule has 4 fully saturated rings. The molecule has 4 aliphatic carbocycles. The summed E-state index contributed by atoms with van der Waals surface area (Å²) in [5.74, 6) is -3.82. The molecule has 0 heterocycles. The highest BCUT2D eigenvalue weighted by Crippen LogP contribution is 2.71. The first-order valence-electron chi connectivity index (χ1n) is 16.5. The Bertz CT molecular complexity index is 1230. The van der Waals surface area contributed by atoms with E-state index >= 15 is 8.78 Å². The van der Waals surface area contributed by atoms with Gasteiger partial charge in [0.05, 0.1) is 11.0 Å². The minimum Gasteiger partial charge on any atom is -0.393 e. The maximum atomic E-state index is 15.8. The highest BCUT2D eigenvalue weighted by atomic mass is 32.2. The molecule has 5 rings (SSSR count). The van der Waals surface area contributed by atoms with Crippen LogP contribution in [0.15, 0.2) is 35.2 Å². The lowest BCUT2D eigenvalue weighted by atomic mass is 9.40.